The van der Waals surface area contributed by atoms with Crippen LogP contribution in [0, 0.1) is 0 Å². The molecule has 12 heteroatoms. The van der Waals surface area contributed by atoms with Crippen molar-refractivity contribution in [1.29, 1.82) is 0 Å². The standard InChI is InChI=1S/C5H3N5O6S/c6-4-8-3(11)1-2(9(4)12)7-5-10(1)16-17(13,14)15-5/h12H,(H2,6,8,11). The predicted octanol–water partition coefficient (Wildman–Crippen LogP) is -2.52. The summed E-state index contributed by atoms with van der Waals surface area (Å²) in [4.78, 5) is 18.3. The smallest absolute Gasteiger partial charge is 0.423 e. The van der Waals surface area contributed by atoms with E-state index in [0.717, 1.165) is 0 Å². The second kappa shape index (κ2) is 2.60. The monoisotopic (exact) mass is 261 g/mol. The van der Waals surface area contributed by atoms with Crippen LogP contribution >= 0.6 is 0 Å². The minimum Gasteiger partial charge on any atom is -0.423 e. The molecule has 90 valence electrons. The Hall–Kier alpha value is -2.50. The van der Waals surface area contributed by atoms with Gasteiger partial charge in [0.05, 0.1) is 0 Å². The van der Waals surface area contributed by atoms with E-state index < -0.39 is 33.4 Å². The van der Waals surface area contributed by atoms with Gasteiger partial charge in [0.15, 0.2) is 0 Å². The Kier molecular flexibility index (Phi) is 1.48. The van der Waals surface area contributed by atoms with Crippen LogP contribution in [0.1, 0.15) is 0 Å². The average Bonchev–Trinajstić information content (AvgIpc) is 2.66. The molecule has 0 spiro atoms. The zero-order valence-corrected chi connectivity index (χ0v) is 8.58. The first-order valence-corrected chi connectivity index (χ1v) is 5.37. The fourth-order valence-corrected chi connectivity index (χ4v) is 1.98. The Labute approximate surface area is 91.9 Å². The third-order valence-corrected chi connectivity index (χ3v) is 2.65. The Balaban J connectivity index is 2.47. The van der Waals surface area contributed by atoms with Gasteiger partial charge in [-0.05, 0) is 0 Å². The van der Waals surface area contributed by atoms with Crippen LogP contribution in [-0.2, 0) is 10.4 Å². The van der Waals surface area contributed by atoms with Crippen molar-refractivity contribution < 1.29 is 22.1 Å². The first-order chi connectivity index (χ1) is 7.89. The van der Waals surface area contributed by atoms with E-state index in [1.165, 1.54) is 0 Å². The van der Waals surface area contributed by atoms with Crippen molar-refractivity contribution in [1.82, 2.24) is 19.4 Å². The van der Waals surface area contributed by atoms with Crippen molar-refractivity contribution in [2.45, 2.75) is 0 Å². The van der Waals surface area contributed by atoms with Gasteiger partial charge < -0.3 is 15.1 Å². The molecule has 2 aromatic heterocycles. The van der Waals surface area contributed by atoms with Crippen LogP contribution < -0.4 is 19.8 Å². The van der Waals surface area contributed by atoms with E-state index in [1.54, 1.807) is 0 Å². The number of nitrogen functional groups attached to an aromatic ring is 1. The van der Waals surface area contributed by atoms with E-state index in [2.05, 4.69) is 18.4 Å². The van der Waals surface area contributed by atoms with Gasteiger partial charge in [0.2, 0.25) is 17.1 Å². The number of hydrogen-bond donors (Lipinski definition) is 2. The van der Waals surface area contributed by atoms with Gasteiger partial charge in [0.25, 0.3) is 0 Å². The number of rotatable bonds is 0. The third-order valence-electron chi connectivity index (χ3n) is 1.97. The van der Waals surface area contributed by atoms with Crippen molar-refractivity contribution in [2.24, 2.45) is 0 Å². The van der Waals surface area contributed by atoms with Crippen LogP contribution in [0.2, 0.25) is 0 Å². The lowest BCUT2D eigenvalue weighted by molar-refractivity contribution is 0.199. The van der Waals surface area contributed by atoms with E-state index in [1.807, 2.05) is 0 Å². The number of hydrogen-bond acceptors (Lipinski definition) is 9. The van der Waals surface area contributed by atoms with Crippen LogP contribution in [0.3, 0.4) is 0 Å². The van der Waals surface area contributed by atoms with Gasteiger partial charge in [-0.15, -0.1) is 13.1 Å². The SMILES string of the molecule is Nc1nc(=O)c2c(nc3n2OS(=O)(=O)O3)n1O. The molecule has 3 rings (SSSR count). The van der Waals surface area contributed by atoms with Crippen LogP contribution in [0.5, 0.6) is 6.01 Å². The molecular formula is C5H3N5O6S. The minimum absolute atomic E-state index is 0.307. The predicted molar refractivity (Wildman–Crippen MR) is 49.5 cm³/mol. The normalized spacial score (nSPS) is 16.5. The molecule has 0 aromatic carbocycles. The number of aromatic nitrogens is 4. The van der Waals surface area contributed by atoms with E-state index in [4.69, 9.17) is 5.73 Å². The fraction of sp³-hybridized carbons (Fsp3) is 0. The third kappa shape index (κ3) is 1.14. The zero-order valence-electron chi connectivity index (χ0n) is 7.76. The van der Waals surface area contributed by atoms with Gasteiger partial charge in [0, 0.05) is 0 Å². The molecule has 17 heavy (non-hydrogen) atoms. The van der Waals surface area contributed by atoms with Crippen LogP contribution in [0.25, 0.3) is 11.2 Å². The lowest BCUT2D eigenvalue weighted by Crippen LogP contribution is -2.21. The minimum atomic E-state index is -4.28. The lowest BCUT2D eigenvalue weighted by Gasteiger charge is -2.00. The second-order valence-corrected chi connectivity index (χ2v) is 4.15. The molecule has 1 aliphatic heterocycles. The summed E-state index contributed by atoms with van der Waals surface area (Å²) < 4.78 is 31.3. The van der Waals surface area contributed by atoms with Crippen molar-refractivity contribution in [2.75, 3.05) is 5.73 Å². The molecule has 0 saturated heterocycles. The highest BCUT2D eigenvalue weighted by atomic mass is 32.3. The van der Waals surface area contributed by atoms with Crippen LogP contribution in [0.15, 0.2) is 4.79 Å². The molecule has 3 heterocycles. The summed E-state index contributed by atoms with van der Waals surface area (Å²) in [6.07, 6.45) is 0. The lowest BCUT2D eigenvalue weighted by atomic mass is 10.5. The highest BCUT2D eigenvalue weighted by Crippen LogP contribution is 2.23. The van der Waals surface area contributed by atoms with Gasteiger partial charge in [-0.1, -0.05) is 4.73 Å². The van der Waals surface area contributed by atoms with Crippen LogP contribution in [0.4, 0.5) is 5.95 Å². The molecule has 0 fully saturated rings. The van der Waals surface area contributed by atoms with Crippen molar-refractivity contribution in [3.05, 3.63) is 10.4 Å². The molecule has 11 nitrogen and oxygen atoms in total. The van der Waals surface area contributed by atoms with E-state index in [-0.39, 0.29) is 5.65 Å². The van der Waals surface area contributed by atoms with Gasteiger partial charge in [-0.25, -0.2) is 0 Å². The molecule has 2 aromatic rings. The first kappa shape index (κ1) is 9.71. The summed E-state index contributed by atoms with van der Waals surface area (Å²) >= 11 is 0. The molecule has 0 amide bonds. The summed E-state index contributed by atoms with van der Waals surface area (Å²) in [5, 5.41) is 9.42. The van der Waals surface area contributed by atoms with Crippen molar-refractivity contribution in [3.8, 4) is 6.01 Å². The highest BCUT2D eigenvalue weighted by Gasteiger charge is 2.35. The Morgan fingerprint density at radius 1 is 1.35 bits per heavy atom. The highest BCUT2D eigenvalue weighted by molar-refractivity contribution is 7.82. The van der Waals surface area contributed by atoms with E-state index in [0.29, 0.717) is 9.46 Å². The van der Waals surface area contributed by atoms with Gasteiger partial charge in [0.1, 0.15) is 0 Å². The number of fused-ring (bicyclic) bond motifs is 3. The summed E-state index contributed by atoms with van der Waals surface area (Å²) in [7, 11) is -4.28. The summed E-state index contributed by atoms with van der Waals surface area (Å²) in [6.45, 7) is 0. The Bertz CT molecular complexity index is 802. The number of imidazole rings is 1. The van der Waals surface area contributed by atoms with Crippen LogP contribution in [-0.4, -0.2) is 33.1 Å². The molecular weight excluding hydrogens is 258 g/mol. The molecule has 0 radical (unpaired) electrons. The van der Waals surface area contributed by atoms with Gasteiger partial charge >= 0.3 is 22.0 Å². The molecule has 0 aliphatic carbocycles. The number of nitrogens with two attached hydrogens (primary N) is 1. The quantitative estimate of drug-likeness (QED) is 0.489. The molecule has 1 aliphatic rings. The van der Waals surface area contributed by atoms with Gasteiger partial charge in [-0.2, -0.15) is 9.97 Å². The Morgan fingerprint density at radius 2 is 2.06 bits per heavy atom. The average molecular weight is 261 g/mol. The first-order valence-electron chi connectivity index (χ1n) is 4.04. The summed E-state index contributed by atoms with van der Waals surface area (Å²) in [5.41, 5.74) is 3.57. The maximum atomic E-state index is 11.5. The molecule has 3 N–H and O–H groups in total. The molecule has 0 saturated carbocycles. The summed E-state index contributed by atoms with van der Waals surface area (Å²) in [6, 6.07) is -0.521. The largest absolute Gasteiger partial charge is 0.523 e. The summed E-state index contributed by atoms with van der Waals surface area (Å²) in [5.74, 6) is -0.498. The number of anilines is 1. The Morgan fingerprint density at radius 3 is 2.76 bits per heavy atom. The fourth-order valence-electron chi connectivity index (χ4n) is 1.34. The topological polar surface area (TPSA) is 152 Å². The number of nitrogens with zero attached hydrogens (tertiary/aromatic N) is 4. The van der Waals surface area contributed by atoms with E-state index in [9.17, 15) is 18.4 Å². The van der Waals surface area contributed by atoms with Gasteiger partial charge in [-0.3, -0.25) is 9.08 Å². The maximum Gasteiger partial charge on any atom is 0.523 e. The molecule has 0 atom stereocenters. The molecule has 0 bridgehead atoms. The van der Waals surface area contributed by atoms with Crippen molar-refractivity contribution >= 4 is 27.5 Å². The van der Waals surface area contributed by atoms with E-state index >= 15 is 0 Å². The molecule has 0 unspecified atom stereocenters. The zero-order chi connectivity index (χ0) is 12.4. The van der Waals surface area contributed by atoms with Crippen molar-refractivity contribution in [3.63, 3.8) is 0 Å². The maximum absolute atomic E-state index is 11.5. The second-order valence-electron chi connectivity index (χ2n) is 3.01.